The molecule has 3 heteroatoms. The zero-order valence-electron chi connectivity index (χ0n) is 15.5. The fourth-order valence-corrected chi connectivity index (χ4v) is 3.75. The number of benzene rings is 3. The van der Waals surface area contributed by atoms with E-state index in [1.165, 1.54) is 5.39 Å². The van der Waals surface area contributed by atoms with Crippen molar-refractivity contribution < 1.29 is 4.79 Å². The van der Waals surface area contributed by atoms with E-state index in [4.69, 9.17) is 4.98 Å². The minimum absolute atomic E-state index is 0.0746. The fourth-order valence-electron chi connectivity index (χ4n) is 3.75. The molecule has 0 aliphatic carbocycles. The van der Waals surface area contributed by atoms with Gasteiger partial charge in [0.05, 0.1) is 17.2 Å². The van der Waals surface area contributed by atoms with E-state index >= 15 is 0 Å². The van der Waals surface area contributed by atoms with Crippen LogP contribution in [0.1, 0.15) is 17.3 Å². The van der Waals surface area contributed by atoms with Gasteiger partial charge in [0.1, 0.15) is 5.82 Å². The van der Waals surface area contributed by atoms with Crippen LogP contribution in [0.4, 0.5) is 0 Å². The average molecular weight is 362 g/mol. The summed E-state index contributed by atoms with van der Waals surface area (Å²) in [5.41, 5.74) is 6.15. The van der Waals surface area contributed by atoms with Crippen molar-refractivity contribution in [1.29, 1.82) is 0 Å². The third kappa shape index (κ3) is 2.60. The molecule has 5 rings (SSSR count). The van der Waals surface area contributed by atoms with Crippen LogP contribution in [0.25, 0.3) is 38.9 Å². The first-order valence-electron chi connectivity index (χ1n) is 9.28. The van der Waals surface area contributed by atoms with Gasteiger partial charge in [0.15, 0.2) is 5.78 Å². The molecule has 3 nitrogen and oxygen atoms in total. The molecule has 0 aliphatic heterocycles. The normalized spacial score (nSPS) is 11.2. The van der Waals surface area contributed by atoms with E-state index in [1.807, 2.05) is 42.6 Å². The van der Waals surface area contributed by atoms with Gasteiger partial charge in [-0.05, 0) is 35.6 Å². The second-order valence-electron chi connectivity index (χ2n) is 6.91. The van der Waals surface area contributed by atoms with Crippen molar-refractivity contribution in [1.82, 2.24) is 9.38 Å². The van der Waals surface area contributed by atoms with Crippen LogP contribution in [-0.2, 0) is 0 Å². The third-order valence-electron chi connectivity index (χ3n) is 5.17. The molecule has 28 heavy (non-hydrogen) atoms. The first-order valence-corrected chi connectivity index (χ1v) is 9.28. The van der Waals surface area contributed by atoms with Crippen molar-refractivity contribution in [2.45, 2.75) is 6.92 Å². The first kappa shape index (κ1) is 16.5. The molecule has 0 saturated heterocycles. The Morgan fingerprint density at radius 3 is 2.29 bits per heavy atom. The van der Waals surface area contributed by atoms with Gasteiger partial charge in [0, 0.05) is 11.1 Å². The molecule has 2 heterocycles. The summed E-state index contributed by atoms with van der Waals surface area (Å²) in [4.78, 5) is 16.4. The molecule has 0 bridgehead atoms. The summed E-state index contributed by atoms with van der Waals surface area (Å²) in [7, 11) is 0. The lowest BCUT2D eigenvalue weighted by atomic mass is 9.97. The number of carbonyl (C=O) groups is 1. The maximum Gasteiger partial charge on any atom is 0.159 e. The molecule has 0 fully saturated rings. The van der Waals surface area contributed by atoms with Gasteiger partial charge in [-0.2, -0.15) is 0 Å². The van der Waals surface area contributed by atoms with Gasteiger partial charge >= 0.3 is 0 Å². The summed E-state index contributed by atoms with van der Waals surface area (Å²) >= 11 is 0. The van der Waals surface area contributed by atoms with Crippen molar-refractivity contribution >= 4 is 22.2 Å². The Morgan fingerprint density at radius 2 is 1.50 bits per heavy atom. The zero-order chi connectivity index (χ0) is 19.1. The molecule has 0 aliphatic rings. The second kappa shape index (κ2) is 6.46. The highest BCUT2D eigenvalue weighted by atomic mass is 16.1. The van der Waals surface area contributed by atoms with Crippen LogP contribution in [0, 0.1) is 0 Å². The van der Waals surface area contributed by atoms with Crippen molar-refractivity contribution in [2.75, 3.05) is 0 Å². The maximum atomic E-state index is 11.6. The summed E-state index contributed by atoms with van der Waals surface area (Å²) < 4.78 is 2.21. The highest BCUT2D eigenvalue weighted by Crippen LogP contribution is 2.33. The number of ketones is 1. The Bertz CT molecular complexity index is 1330. The maximum absolute atomic E-state index is 11.6. The molecule has 0 spiro atoms. The lowest BCUT2D eigenvalue weighted by Gasteiger charge is -2.11. The van der Waals surface area contributed by atoms with Crippen molar-refractivity contribution in [3.63, 3.8) is 0 Å². The summed E-state index contributed by atoms with van der Waals surface area (Å²) in [6.45, 7) is 1.59. The Labute approximate surface area is 162 Å². The molecule has 3 aromatic carbocycles. The summed E-state index contributed by atoms with van der Waals surface area (Å²) in [5.74, 6) is 0.989. The van der Waals surface area contributed by atoms with Gasteiger partial charge in [-0.1, -0.05) is 72.8 Å². The van der Waals surface area contributed by atoms with E-state index in [0.29, 0.717) is 0 Å². The van der Waals surface area contributed by atoms with Crippen LogP contribution >= 0.6 is 0 Å². The minimum Gasteiger partial charge on any atom is -0.295 e. The van der Waals surface area contributed by atoms with Crippen molar-refractivity contribution in [3.8, 4) is 22.5 Å². The molecule has 0 N–H and O–H groups in total. The molecule has 2 aromatic heterocycles. The van der Waals surface area contributed by atoms with Crippen LogP contribution in [0.3, 0.4) is 0 Å². The van der Waals surface area contributed by atoms with E-state index in [-0.39, 0.29) is 5.78 Å². The predicted molar refractivity (Wildman–Crippen MR) is 114 cm³/mol. The summed E-state index contributed by atoms with van der Waals surface area (Å²) in [6.07, 6.45) is 1.91. The summed E-state index contributed by atoms with van der Waals surface area (Å²) in [6, 6.07) is 28.6. The smallest absolute Gasteiger partial charge is 0.159 e. The zero-order valence-corrected chi connectivity index (χ0v) is 15.5. The fraction of sp³-hybridized carbons (Fsp3) is 0.0400. The lowest BCUT2D eigenvalue weighted by Crippen LogP contribution is -1.95. The molecule has 0 saturated carbocycles. The molecule has 0 radical (unpaired) electrons. The highest BCUT2D eigenvalue weighted by Gasteiger charge is 2.14. The number of aromatic nitrogens is 2. The Hall–Kier alpha value is -3.72. The van der Waals surface area contributed by atoms with Crippen LogP contribution < -0.4 is 0 Å². The van der Waals surface area contributed by atoms with Gasteiger partial charge in [0.2, 0.25) is 0 Å². The second-order valence-corrected chi connectivity index (χ2v) is 6.91. The van der Waals surface area contributed by atoms with E-state index < -0.39 is 0 Å². The number of carbonyl (C=O) groups excluding carboxylic acids is 1. The van der Waals surface area contributed by atoms with Crippen LogP contribution in [0.2, 0.25) is 0 Å². The predicted octanol–water partition coefficient (Wildman–Crippen LogP) is 6.02. The first-order chi connectivity index (χ1) is 13.7. The van der Waals surface area contributed by atoms with Gasteiger partial charge < -0.3 is 0 Å². The average Bonchev–Trinajstić information content (AvgIpc) is 3.18. The lowest BCUT2D eigenvalue weighted by molar-refractivity contribution is 0.101. The summed E-state index contributed by atoms with van der Waals surface area (Å²) in [5, 5.41) is 1.18. The standard InChI is InChI=1S/C25H18N2O/c1-17(28)18-10-12-19(13-11-18)22-7-3-4-8-23(22)25-26-16-21-15-14-20-6-2-5-9-24(20)27(21)25/h2-16H,1H3. The number of nitrogens with zero attached hydrogens (tertiary/aromatic N) is 2. The molecule has 134 valence electrons. The molecule has 5 aromatic rings. The van der Waals surface area contributed by atoms with Crippen molar-refractivity contribution in [2.24, 2.45) is 0 Å². The van der Waals surface area contributed by atoms with E-state index in [1.54, 1.807) is 6.92 Å². The number of rotatable bonds is 3. The van der Waals surface area contributed by atoms with E-state index in [2.05, 4.69) is 52.9 Å². The molecule has 0 amide bonds. The van der Waals surface area contributed by atoms with Gasteiger partial charge in [-0.25, -0.2) is 4.98 Å². The topological polar surface area (TPSA) is 34.4 Å². The van der Waals surface area contributed by atoms with Gasteiger partial charge in [0.25, 0.3) is 0 Å². The number of imidazole rings is 1. The molecular formula is C25H18N2O. The molecule has 0 atom stereocenters. The number of fused-ring (bicyclic) bond motifs is 3. The Balaban J connectivity index is 1.75. The van der Waals surface area contributed by atoms with Crippen LogP contribution in [0.5, 0.6) is 0 Å². The van der Waals surface area contributed by atoms with Crippen LogP contribution in [0.15, 0.2) is 91.1 Å². The van der Waals surface area contributed by atoms with Crippen LogP contribution in [-0.4, -0.2) is 15.2 Å². The molecular weight excluding hydrogens is 344 g/mol. The number of hydrogen-bond donors (Lipinski definition) is 0. The van der Waals surface area contributed by atoms with Gasteiger partial charge in [-0.15, -0.1) is 0 Å². The largest absolute Gasteiger partial charge is 0.295 e. The third-order valence-corrected chi connectivity index (χ3v) is 5.17. The molecule has 0 unspecified atom stereocenters. The Morgan fingerprint density at radius 1 is 0.786 bits per heavy atom. The highest BCUT2D eigenvalue weighted by molar-refractivity contribution is 5.95. The minimum atomic E-state index is 0.0746. The quantitative estimate of drug-likeness (QED) is 0.368. The monoisotopic (exact) mass is 362 g/mol. The number of pyridine rings is 1. The van der Waals surface area contributed by atoms with Gasteiger partial charge in [-0.3, -0.25) is 9.20 Å². The Kier molecular flexibility index (Phi) is 3.80. The number of Topliss-reactive ketones (excluding diaryl/α,β-unsaturated/α-hetero) is 1. The van der Waals surface area contributed by atoms with E-state index in [0.717, 1.165) is 39.1 Å². The number of hydrogen-bond acceptors (Lipinski definition) is 2. The van der Waals surface area contributed by atoms with Crippen molar-refractivity contribution in [3.05, 3.63) is 96.7 Å². The SMILES string of the molecule is CC(=O)c1ccc(-c2ccccc2-c2ncc3ccc4ccccc4n23)cc1. The van der Waals surface area contributed by atoms with E-state index in [9.17, 15) is 4.79 Å². The number of para-hydroxylation sites is 1.